The second-order valence-corrected chi connectivity index (χ2v) is 12.3. The fraction of sp³-hybridized carbons (Fsp3) is 0.385. The van der Waals surface area contributed by atoms with E-state index in [9.17, 15) is 9.59 Å². The maximum atomic E-state index is 13.0. The van der Waals surface area contributed by atoms with Crippen LogP contribution in [0.1, 0.15) is 36.2 Å². The van der Waals surface area contributed by atoms with Crippen molar-refractivity contribution in [3.8, 4) is 11.3 Å². The number of pyridine rings is 1. The molecule has 0 unspecified atom stereocenters. The van der Waals surface area contributed by atoms with Crippen LogP contribution in [-0.2, 0) is 4.74 Å². The Kier molecular flexibility index (Phi) is 7.49. The van der Waals surface area contributed by atoms with Crippen LogP contribution >= 0.6 is 34.2 Å². The SMILES string of the molecule is NC(=O)c1ncc(N[C@H]2CCCC[C@H]2N)cc1Nc1csnc1-c1csc2c(=O)cc(N3CCOCC3)sc12. The summed E-state index contributed by atoms with van der Waals surface area (Å²) < 4.78 is 11.8. The largest absolute Gasteiger partial charge is 0.379 e. The molecule has 204 valence electrons. The van der Waals surface area contributed by atoms with Crippen molar-refractivity contribution < 1.29 is 9.53 Å². The molecule has 1 saturated heterocycles. The highest BCUT2D eigenvalue weighted by molar-refractivity contribution is 7.28. The van der Waals surface area contributed by atoms with Crippen LogP contribution in [0.4, 0.5) is 22.1 Å². The third-order valence-electron chi connectivity index (χ3n) is 7.14. The molecular weight excluding hydrogens is 555 g/mol. The van der Waals surface area contributed by atoms with E-state index in [-0.39, 0.29) is 23.2 Å². The van der Waals surface area contributed by atoms with Gasteiger partial charge in [-0.05, 0) is 30.4 Å². The van der Waals surface area contributed by atoms with Crippen LogP contribution in [-0.4, -0.2) is 53.7 Å². The molecule has 6 N–H and O–H groups in total. The molecular formula is C26H29N7O3S3. The third-order valence-corrected chi connectivity index (χ3v) is 10.1. The standard InChI is InChI=1S/C26H29N7O3S3/c27-16-3-1-2-4-17(16)30-14-9-18(23(26(28)35)29-11-14)31-19-13-38-32-22(19)15-12-37-25-20(34)10-21(39-24(15)25)33-5-7-36-8-6-33/h9-13,16-17,30-31H,1-8,27H2,(H2,28,35)/t16-,17+/m1/s1. The number of aromatic nitrogens is 2. The zero-order chi connectivity index (χ0) is 26.9. The van der Waals surface area contributed by atoms with Crippen molar-refractivity contribution in [3.05, 3.63) is 45.0 Å². The zero-order valence-corrected chi connectivity index (χ0v) is 23.6. The van der Waals surface area contributed by atoms with Gasteiger partial charge in [0, 0.05) is 47.6 Å². The Balaban J connectivity index is 1.34. The van der Waals surface area contributed by atoms with E-state index in [1.54, 1.807) is 23.6 Å². The topological polar surface area (TPSA) is 148 Å². The van der Waals surface area contributed by atoms with Gasteiger partial charge in [0.2, 0.25) is 0 Å². The highest BCUT2D eigenvalue weighted by atomic mass is 32.1. The Bertz CT molecular complexity index is 1560. The molecule has 2 aliphatic rings. The van der Waals surface area contributed by atoms with Gasteiger partial charge in [0.15, 0.2) is 11.1 Å². The molecule has 0 spiro atoms. The number of hydrogen-bond acceptors (Lipinski definition) is 12. The highest BCUT2D eigenvalue weighted by Gasteiger charge is 2.24. The van der Waals surface area contributed by atoms with Crippen molar-refractivity contribution in [1.29, 1.82) is 0 Å². The second kappa shape index (κ2) is 11.2. The number of anilines is 4. The molecule has 1 saturated carbocycles. The molecule has 39 heavy (non-hydrogen) atoms. The van der Waals surface area contributed by atoms with Gasteiger partial charge in [0.1, 0.15) is 5.69 Å². The lowest BCUT2D eigenvalue weighted by Crippen LogP contribution is -2.42. The summed E-state index contributed by atoms with van der Waals surface area (Å²) in [5.41, 5.74) is 15.7. The number of nitrogens with zero attached hydrogens (tertiary/aromatic N) is 3. The van der Waals surface area contributed by atoms with Gasteiger partial charge in [-0.1, -0.05) is 12.8 Å². The molecule has 6 rings (SSSR count). The Morgan fingerprint density at radius 2 is 1.92 bits per heavy atom. The van der Waals surface area contributed by atoms with E-state index in [0.29, 0.717) is 35.0 Å². The van der Waals surface area contributed by atoms with E-state index in [1.807, 2.05) is 16.8 Å². The molecule has 1 amide bonds. The van der Waals surface area contributed by atoms with Gasteiger partial charge >= 0.3 is 0 Å². The van der Waals surface area contributed by atoms with Crippen molar-refractivity contribution in [1.82, 2.24) is 9.36 Å². The van der Waals surface area contributed by atoms with Crippen LogP contribution in [0.15, 0.2) is 33.9 Å². The van der Waals surface area contributed by atoms with Gasteiger partial charge in [0.25, 0.3) is 5.91 Å². The average molecular weight is 584 g/mol. The number of fused-ring (bicyclic) bond motifs is 1. The van der Waals surface area contributed by atoms with Gasteiger partial charge in [-0.2, -0.15) is 4.37 Å². The highest BCUT2D eigenvalue weighted by Crippen LogP contribution is 2.42. The Hall–Kier alpha value is -3.10. The minimum atomic E-state index is -0.627. The summed E-state index contributed by atoms with van der Waals surface area (Å²) in [6, 6.07) is 3.78. The van der Waals surface area contributed by atoms with Gasteiger partial charge in [-0.15, -0.1) is 22.7 Å². The Morgan fingerprint density at radius 1 is 1.10 bits per heavy atom. The van der Waals surface area contributed by atoms with Crippen LogP contribution < -0.4 is 32.4 Å². The lowest BCUT2D eigenvalue weighted by atomic mass is 9.91. The zero-order valence-electron chi connectivity index (χ0n) is 21.1. The lowest BCUT2D eigenvalue weighted by molar-refractivity contribution is 0.0996. The molecule has 4 aromatic rings. The Labute approximate surface area is 237 Å². The number of nitrogens with two attached hydrogens (primary N) is 2. The summed E-state index contributed by atoms with van der Waals surface area (Å²) in [5, 5.41) is 11.6. The number of morpholine rings is 1. The number of rotatable bonds is 7. The van der Waals surface area contributed by atoms with Gasteiger partial charge < -0.3 is 31.7 Å². The lowest BCUT2D eigenvalue weighted by Gasteiger charge is -2.30. The summed E-state index contributed by atoms with van der Waals surface area (Å²) in [4.78, 5) is 31.8. The first kappa shape index (κ1) is 26.1. The van der Waals surface area contributed by atoms with Gasteiger partial charge in [-0.25, -0.2) is 4.98 Å². The predicted octanol–water partition coefficient (Wildman–Crippen LogP) is 4.20. The number of amides is 1. The maximum absolute atomic E-state index is 13.0. The summed E-state index contributed by atoms with van der Waals surface area (Å²) in [6.45, 7) is 2.80. The van der Waals surface area contributed by atoms with E-state index in [2.05, 4.69) is 24.9 Å². The van der Waals surface area contributed by atoms with Crippen molar-refractivity contribution in [3.63, 3.8) is 0 Å². The molecule has 13 heteroatoms. The number of hydrogen-bond donors (Lipinski definition) is 4. The maximum Gasteiger partial charge on any atom is 0.269 e. The number of carbonyl (C=O) groups is 1. The minimum Gasteiger partial charge on any atom is -0.379 e. The first-order valence-electron chi connectivity index (χ1n) is 12.9. The van der Waals surface area contributed by atoms with Crippen molar-refractivity contribution in [2.75, 3.05) is 41.8 Å². The van der Waals surface area contributed by atoms with Crippen LogP contribution in [0.3, 0.4) is 0 Å². The minimum absolute atomic E-state index is 0.00569. The van der Waals surface area contributed by atoms with E-state index in [4.69, 9.17) is 16.2 Å². The number of primary amides is 1. The number of nitrogens with one attached hydrogen (secondary N) is 2. The van der Waals surface area contributed by atoms with E-state index in [1.165, 1.54) is 22.9 Å². The number of ether oxygens (including phenoxy) is 1. The van der Waals surface area contributed by atoms with Crippen LogP contribution in [0.2, 0.25) is 0 Å². The summed E-state index contributed by atoms with van der Waals surface area (Å²) in [6.07, 6.45) is 5.85. The third kappa shape index (κ3) is 5.37. The predicted molar refractivity (Wildman–Crippen MR) is 160 cm³/mol. The van der Waals surface area contributed by atoms with Crippen molar-refractivity contribution in [2.45, 2.75) is 37.8 Å². The van der Waals surface area contributed by atoms with Crippen molar-refractivity contribution >= 4 is 71.6 Å². The smallest absolute Gasteiger partial charge is 0.269 e. The van der Waals surface area contributed by atoms with Crippen LogP contribution in [0, 0.1) is 0 Å². The molecule has 0 bridgehead atoms. The van der Waals surface area contributed by atoms with Crippen molar-refractivity contribution in [2.24, 2.45) is 11.5 Å². The van der Waals surface area contributed by atoms with E-state index < -0.39 is 5.91 Å². The fourth-order valence-corrected chi connectivity index (χ4v) is 8.06. The molecule has 0 aromatic carbocycles. The molecule has 1 aliphatic heterocycles. The molecule has 4 aromatic heterocycles. The second-order valence-electron chi connectivity index (χ2n) is 9.74. The summed E-state index contributed by atoms with van der Waals surface area (Å²) >= 11 is 4.31. The quantitative estimate of drug-likeness (QED) is 0.251. The van der Waals surface area contributed by atoms with E-state index in [0.717, 1.165) is 59.7 Å². The number of carbonyl (C=O) groups excluding carboxylic acids is 1. The van der Waals surface area contributed by atoms with Gasteiger partial charge in [-0.3, -0.25) is 9.59 Å². The fourth-order valence-electron chi connectivity index (χ4n) is 5.09. The summed E-state index contributed by atoms with van der Waals surface area (Å²) in [7, 11) is 0. The molecule has 5 heterocycles. The Morgan fingerprint density at radius 3 is 2.72 bits per heavy atom. The molecule has 1 aliphatic carbocycles. The first-order valence-corrected chi connectivity index (χ1v) is 15.4. The molecule has 10 nitrogen and oxygen atoms in total. The summed E-state index contributed by atoms with van der Waals surface area (Å²) in [5.74, 6) is -0.627. The van der Waals surface area contributed by atoms with Crippen LogP contribution in [0.25, 0.3) is 20.7 Å². The average Bonchev–Trinajstić information content (AvgIpc) is 3.57. The first-order chi connectivity index (χ1) is 19.0. The molecule has 2 atom stereocenters. The van der Waals surface area contributed by atoms with E-state index >= 15 is 0 Å². The molecule has 0 radical (unpaired) electrons. The van der Waals surface area contributed by atoms with Crippen LogP contribution in [0.5, 0.6) is 0 Å². The van der Waals surface area contributed by atoms with Gasteiger partial charge in [0.05, 0.1) is 50.9 Å². The monoisotopic (exact) mass is 583 g/mol. The molecule has 2 fully saturated rings. The number of thiophene rings is 1. The normalized spacial score (nSPS) is 19.8.